The molecule has 0 saturated carbocycles. The highest BCUT2D eigenvalue weighted by Gasteiger charge is 2.21. The van der Waals surface area contributed by atoms with E-state index in [2.05, 4.69) is 51.4 Å². The lowest BCUT2D eigenvalue weighted by atomic mass is 10.2. The SMILES string of the molecule is Cc1cccc(N2CCN(C(=O)CCc3nn4c(C)nnc4s3)CC2)c1. The van der Waals surface area contributed by atoms with Crippen LogP contribution in [0.1, 0.15) is 22.8 Å². The maximum Gasteiger partial charge on any atom is 0.234 e. The molecule has 0 radical (unpaired) electrons. The van der Waals surface area contributed by atoms with Gasteiger partial charge in [0, 0.05) is 44.7 Å². The third kappa shape index (κ3) is 3.41. The average Bonchev–Trinajstić information content (AvgIpc) is 3.21. The largest absolute Gasteiger partial charge is 0.368 e. The first-order chi connectivity index (χ1) is 12.6. The predicted octanol–water partition coefficient (Wildman–Crippen LogP) is 2.08. The van der Waals surface area contributed by atoms with Gasteiger partial charge in [-0.1, -0.05) is 23.5 Å². The van der Waals surface area contributed by atoms with Crippen molar-refractivity contribution >= 4 is 27.9 Å². The number of nitrogens with zero attached hydrogens (tertiary/aromatic N) is 6. The van der Waals surface area contributed by atoms with Gasteiger partial charge in [0.1, 0.15) is 5.01 Å². The number of rotatable bonds is 4. The summed E-state index contributed by atoms with van der Waals surface area (Å²) in [7, 11) is 0. The third-order valence-electron chi connectivity index (χ3n) is 4.74. The third-order valence-corrected chi connectivity index (χ3v) is 5.70. The van der Waals surface area contributed by atoms with E-state index < -0.39 is 0 Å². The molecule has 1 aromatic carbocycles. The molecule has 1 aliphatic heterocycles. The molecule has 1 amide bonds. The Morgan fingerprint density at radius 2 is 1.96 bits per heavy atom. The Hall–Kier alpha value is -2.48. The molecule has 2 aromatic heterocycles. The van der Waals surface area contributed by atoms with Crippen molar-refractivity contribution in [2.45, 2.75) is 26.7 Å². The molecule has 4 rings (SSSR count). The summed E-state index contributed by atoms with van der Waals surface area (Å²) < 4.78 is 1.74. The highest BCUT2D eigenvalue weighted by molar-refractivity contribution is 7.16. The summed E-state index contributed by atoms with van der Waals surface area (Å²) in [5, 5.41) is 13.5. The van der Waals surface area contributed by atoms with E-state index in [-0.39, 0.29) is 5.91 Å². The molecule has 3 aromatic rings. The molecule has 1 saturated heterocycles. The molecule has 7 nitrogen and oxygen atoms in total. The Morgan fingerprint density at radius 1 is 1.15 bits per heavy atom. The number of anilines is 1. The molecular weight excluding hydrogens is 348 g/mol. The number of piperazine rings is 1. The first-order valence-electron chi connectivity index (χ1n) is 8.87. The van der Waals surface area contributed by atoms with Crippen LogP contribution in [0.5, 0.6) is 0 Å². The Bertz CT molecular complexity index is 925. The van der Waals surface area contributed by atoms with Crippen molar-refractivity contribution in [3.63, 3.8) is 0 Å². The van der Waals surface area contributed by atoms with Crippen molar-refractivity contribution in [3.8, 4) is 0 Å². The van der Waals surface area contributed by atoms with Crippen molar-refractivity contribution in [2.24, 2.45) is 0 Å². The molecule has 0 spiro atoms. The molecule has 3 heterocycles. The quantitative estimate of drug-likeness (QED) is 0.703. The zero-order valence-corrected chi connectivity index (χ0v) is 15.9. The lowest BCUT2D eigenvalue weighted by molar-refractivity contribution is -0.131. The topological polar surface area (TPSA) is 66.6 Å². The molecule has 26 heavy (non-hydrogen) atoms. The summed E-state index contributed by atoms with van der Waals surface area (Å²) in [5.74, 6) is 0.984. The van der Waals surface area contributed by atoms with Gasteiger partial charge in [-0.25, -0.2) is 0 Å². The van der Waals surface area contributed by atoms with Crippen LogP contribution >= 0.6 is 11.3 Å². The maximum absolute atomic E-state index is 12.5. The van der Waals surface area contributed by atoms with Crippen LogP contribution in [0.15, 0.2) is 24.3 Å². The maximum atomic E-state index is 12.5. The molecule has 8 heteroatoms. The number of hydrogen-bond donors (Lipinski definition) is 0. The normalized spacial score (nSPS) is 15.0. The Morgan fingerprint density at radius 3 is 2.69 bits per heavy atom. The fourth-order valence-corrected chi connectivity index (χ4v) is 4.14. The molecular formula is C18H22N6OS. The lowest BCUT2D eigenvalue weighted by Gasteiger charge is -2.36. The number of fused-ring (bicyclic) bond motifs is 1. The summed E-state index contributed by atoms with van der Waals surface area (Å²) in [6, 6.07) is 8.54. The molecule has 136 valence electrons. The second-order valence-electron chi connectivity index (χ2n) is 6.64. The van der Waals surface area contributed by atoms with Crippen molar-refractivity contribution < 1.29 is 4.79 Å². The van der Waals surface area contributed by atoms with E-state index in [0.29, 0.717) is 12.8 Å². The molecule has 0 N–H and O–H groups in total. The van der Waals surface area contributed by atoms with Crippen LogP contribution in [0.3, 0.4) is 0 Å². The molecule has 1 aliphatic rings. The number of aryl methyl sites for hydroxylation is 3. The van der Waals surface area contributed by atoms with Crippen LogP contribution < -0.4 is 4.90 Å². The van der Waals surface area contributed by atoms with E-state index in [9.17, 15) is 4.79 Å². The number of aromatic nitrogens is 4. The van der Waals surface area contributed by atoms with E-state index >= 15 is 0 Å². The Balaban J connectivity index is 1.30. The van der Waals surface area contributed by atoms with Gasteiger partial charge in [-0.05, 0) is 31.5 Å². The fraction of sp³-hybridized carbons (Fsp3) is 0.444. The van der Waals surface area contributed by atoms with Gasteiger partial charge in [0.05, 0.1) is 0 Å². The van der Waals surface area contributed by atoms with E-state index in [1.165, 1.54) is 22.6 Å². The van der Waals surface area contributed by atoms with Gasteiger partial charge in [0.15, 0.2) is 5.82 Å². The highest BCUT2D eigenvalue weighted by Crippen LogP contribution is 2.19. The van der Waals surface area contributed by atoms with Crippen molar-refractivity contribution in [3.05, 3.63) is 40.7 Å². The standard InChI is InChI=1S/C18H22N6OS/c1-13-4-3-5-15(12-13)22-8-10-23(11-9-22)17(25)7-6-16-21-24-14(2)19-20-18(24)26-16/h3-5,12H,6-11H2,1-2H3. The smallest absolute Gasteiger partial charge is 0.234 e. The van der Waals surface area contributed by atoms with E-state index in [0.717, 1.165) is 42.0 Å². The van der Waals surface area contributed by atoms with E-state index in [4.69, 9.17) is 0 Å². The molecule has 1 fully saturated rings. The zero-order chi connectivity index (χ0) is 18.1. The Labute approximate surface area is 156 Å². The van der Waals surface area contributed by atoms with Crippen molar-refractivity contribution in [1.29, 1.82) is 0 Å². The minimum atomic E-state index is 0.205. The van der Waals surface area contributed by atoms with Gasteiger partial charge in [-0.3, -0.25) is 4.79 Å². The highest BCUT2D eigenvalue weighted by atomic mass is 32.1. The summed E-state index contributed by atoms with van der Waals surface area (Å²) >= 11 is 1.51. The summed E-state index contributed by atoms with van der Waals surface area (Å²) in [4.78, 5) is 17.6. The minimum absolute atomic E-state index is 0.205. The molecule has 0 aliphatic carbocycles. The molecule has 0 atom stereocenters. The Kier molecular flexibility index (Phi) is 4.58. The first kappa shape index (κ1) is 17.0. The second-order valence-corrected chi connectivity index (χ2v) is 7.68. The van der Waals surface area contributed by atoms with Crippen molar-refractivity contribution in [2.75, 3.05) is 31.1 Å². The van der Waals surface area contributed by atoms with Gasteiger partial charge in [-0.2, -0.15) is 9.61 Å². The van der Waals surface area contributed by atoms with Crippen LogP contribution in [-0.4, -0.2) is 56.8 Å². The van der Waals surface area contributed by atoms with Crippen molar-refractivity contribution in [1.82, 2.24) is 24.7 Å². The second kappa shape index (κ2) is 7.03. The van der Waals surface area contributed by atoms with Gasteiger partial charge >= 0.3 is 0 Å². The summed E-state index contributed by atoms with van der Waals surface area (Å²) in [5.41, 5.74) is 2.51. The van der Waals surface area contributed by atoms with Gasteiger partial charge < -0.3 is 9.80 Å². The lowest BCUT2D eigenvalue weighted by Crippen LogP contribution is -2.48. The fourth-order valence-electron chi connectivity index (χ4n) is 3.27. The van der Waals surface area contributed by atoms with Gasteiger partial charge in [0.25, 0.3) is 0 Å². The number of carbonyl (C=O) groups excluding carboxylic acids is 1. The monoisotopic (exact) mass is 370 g/mol. The van der Waals surface area contributed by atoms with Gasteiger partial charge in [0.2, 0.25) is 10.9 Å². The molecule has 0 unspecified atom stereocenters. The average molecular weight is 370 g/mol. The van der Waals surface area contributed by atoms with Gasteiger partial charge in [-0.15, -0.1) is 10.2 Å². The number of carbonyl (C=O) groups is 1. The van der Waals surface area contributed by atoms with E-state index in [1.54, 1.807) is 4.52 Å². The summed E-state index contributed by atoms with van der Waals surface area (Å²) in [6.07, 6.45) is 1.15. The number of amides is 1. The van der Waals surface area contributed by atoms with Crippen LogP contribution in [0, 0.1) is 13.8 Å². The van der Waals surface area contributed by atoms with Crippen LogP contribution in [0.2, 0.25) is 0 Å². The first-order valence-corrected chi connectivity index (χ1v) is 9.69. The zero-order valence-electron chi connectivity index (χ0n) is 15.1. The number of hydrogen-bond acceptors (Lipinski definition) is 6. The predicted molar refractivity (Wildman–Crippen MR) is 102 cm³/mol. The number of benzene rings is 1. The summed E-state index contributed by atoms with van der Waals surface area (Å²) in [6.45, 7) is 7.29. The molecule has 0 bridgehead atoms. The van der Waals surface area contributed by atoms with Crippen LogP contribution in [0.4, 0.5) is 5.69 Å². The van der Waals surface area contributed by atoms with Crippen LogP contribution in [-0.2, 0) is 11.2 Å². The minimum Gasteiger partial charge on any atom is -0.368 e. The van der Waals surface area contributed by atoms with Crippen LogP contribution in [0.25, 0.3) is 4.96 Å². The van der Waals surface area contributed by atoms with E-state index in [1.807, 2.05) is 11.8 Å².